The lowest BCUT2D eigenvalue weighted by molar-refractivity contribution is 0.0958. The van der Waals surface area contributed by atoms with Crippen LogP contribution in [0.2, 0.25) is 5.02 Å². The van der Waals surface area contributed by atoms with Crippen molar-refractivity contribution in [3.8, 4) is 5.75 Å². The van der Waals surface area contributed by atoms with Crippen molar-refractivity contribution in [1.29, 1.82) is 0 Å². The Balaban J connectivity index is 2.00. The van der Waals surface area contributed by atoms with Crippen LogP contribution < -0.4 is 15.4 Å². The maximum atomic E-state index is 12.5. The van der Waals surface area contributed by atoms with Crippen LogP contribution in [0.1, 0.15) is 22.8 Å². The largest absolute Gasteiger partial charge is 0.490 e. The van der Waals surface area contributed by atoms with Crippen molar-refractivity contribution in [3.63, 3.8) is 0 Å². The Labute approximate surface area is 163 Å². The predicted molar refractivity (Wildman–Crippen MR) is 108 cm³/mol. The average Bonchev–Trinajstić information content (AvgIpc) is 2.63. The number of nitrogens with one attached hydrogen (secondary N) is 2. The summed E-state index contributed by atoms with van der Waals surface area (Å²) in [4.78, 5) is 12.5. The summed E-state index contributed by atoms with van der Waals surface area (Å²) in [5.74, 6) is 0.126. The lowest BCUT2D eigenvalue weighted by atomic mass is 10.2. The number of halogens is 1. The van der Waals surface area contributed by atoms with Crippen molar-refractivity contribution in [2.24, 2.45) is 0 Å². The Bertz CT molecular complexity index is 783. The number of thiocarbonyl (C=S) groups is 1. The van der Waals surface area contributed by atoms with Gasteiger partial charge in [0.05, 0.1) is 12.2 Å². The van der Waals surface area contributed by atoms with Gasteiger partial charge in [0.1, 0.15) is 12.4 Å². The van der Waals surface area contributed by atoms with E-state index in [4.69, 9.17) is 33.3 Å². The summed E-state index contributed by atoms with van der Waals surface area (Å²) in [7, 11) is 0. The molecule has 0 bridgehead atoms. The normalized spacial score (nSPS) is 10.3. The van der Waals surface area contributed by atoms with Crippen LogP contribution in [0.5, 0.6) is 5.75 Å². The third-order valence-corrected chi connectivity index (χ3v) is 4.18. The molecule has 0 radical (unpaired) electrons. The quantitative estimate of drug-likeness (QED) is 0.546. The minimum absolute atomic E-state index is 0.185. The number of amides is 1. The number of carbonyl (C=O) groups is 1. The van der Waals surface area contributed by atoms with Gasteiger partial charge in [-0.15, -0.1) is 0 Å². The molecule has 26 heavy (non-hydrogen) atoms. The minimum Gasteiger partial charge on any atom is -0.490 e. The van der Waals surface area contributed by atoms with E-state index in [1.165, 1.54) is 0 Å². The number of hydrogen-bond acceptors (Lipinski definition) is 4. The third kappa shape index (κ3) is 5.69. The second-order valence-corrected chi connectivity index (χ2v) is 6.18. The number of ether oxygens (including phenoxy) is 2. The smallest absolute Gasteiger partial charge is 0.261 e. The molecule has 0 unspecified atom stereocenters. The van der Waals surface area contributed by atoms with Gasteiger partial charge in [-0.2, -0.15) is 0 Å². The van der Waals surface area contributed by atoms with Crippen molar-refractivity contribution in [2.45, 2.75) is 13.8 Å². The van der Waals surface area contributed by atoms with Gasteiger partial charge in [-0.05, 0) is 55.9 Å². The fourth-order valence-electron chi connectivity index (χ4n) is 2.20. The van der Waals surface area contributed by atoms with E-state index in [9.17, 15) is 4.79 Å². The molecule has 0 aromatic heterocycles. The van der Waals surface area contributed by atoms with E-state index in [2.05, 4.69) is 10.6 Å². The summed E-state index contributed by atoms with van der Waals surface area (Å²) < 4.78 is 10.9. The maximum absolute atomic E-state index is 12.5. The highest BCUT2D eigenvalue weighted by atomic mass is 35.5. The predicted octanol–water partition coefficient (Wildman–Crippen LogP) is 4.19. The summed E-state index contributed by atoms with van der Waals surface area (Å²) in [6, 6.07) is 12.4. The standard InChI is InChI=1S/C19H21ClN2O3S/c1-3-24-11-12-25-17-10-5-4-7-14(17)18(23)22-19(26)21-16-9-6-8-15(20)13(16)2/h4-10H,3,11-12H2,1-2H3,(H2,21,22,23,26). The molecule has 0 aliphatic rings. The van der Waals surface area contributed by atoms with Crippen molar-refractivity contribution in [2.75, 3.05) is 25.1 Å². The topological polar surface area (TPSA) is 59.6 Å². The van der Waals surface area contributed by atoms with E-state index < -0.39 is 0 Å². The molecular weight excluding hydrogens is 372 g/mol. The molecule has 0 saturated carbocycles. The minimum atomic E-state index is -0.353. The number of rotatable bonds is 7. The van der Waals surface area contributed by atoms with Gasteiger partial charge in [0.25, 0.3) is 5.91 Å². The van der Waals surface area contributed by atoms with Crippen LogP contribution in [0, 0.1) is 6.92 Å². The molecule has 7 heteroatoms. The molecule has 5 nitrogen and oxygen atoms in total. The first-order valence-corrected chi connectivity index (χ1v) is 8.98. The van der Waals surface area contributed by atoms with Crippen molar-refractivity contribution < 1.29 is 14.3 Å². The van der Waals surface area contributed by atoms with E-state index in [0.29, 0.717) is 36.2 Å². The Kier molecular flexibility index (Phi) is 7.84. The van der Waals surface area contributed by atoms with Gasteiger partial charge in [0, 0.05) is 17.3 Å². The number of para-hydroxylation sites is 1. The number of anilines is 1. The number of hydrogen-bond donors (Lipinski definition) is 2. The molecular formula is C19H21ClN2O3S. The first kappa shape index (κ1) is 20.2. The van der Waals surface area contributed by atoms with Crippen LogP contribution in [0.15, 0.2) is 42.5 Å². The summed E-state index contributed by atoms with van der Waals surface area (Å²) >= 11 is 11.3. The number of carbonyl (C=O) groups excluding carboxylic acids is 1. The Hall–Kier alpha value is -2.15. The van der Waals surface area contributed by atoms with Gasteiger partial charge in [0.15, 0.2) is 5.11 Å². The zero-order chi connectivity index (χ0) is 18.9. The molecule has 1 amide bonds. The Morgan fingerprint density at radius 2 is 1.92 bits per heavy atom. The molecule has 2 rings (SSSR count). The SMILES string of the molecule is CCOCCOc1ccccc1C(=O)NC(=S)Nc1cccc(Cl)c1C. The lowest BCUT2D eigenvalue weighted by Crippen LogP contribution is -2.34. The molecule has 0 atom stereocenters. The van der Waals surface area contributed by atoms with Crippen LogP contribution in [-0.4, -0.2) is 30.8 Å². The van der Waals surface area contributed by atoms with Crippen molar-refractivity contribution >= 4 is 40.5 Å². The molecule has 2 aromatic carbocycles. The molecule has 0 spiro atoms. The molecule has 0 fully saturated rings. The Morgan fingerprint density at radius 1 is 1.15 bits per heavy atom. The fourth-order valence-corrected chi connectivity index (χ4v) is 2.58. The highest BCUT2D eigenvalue weighted by Crippen LogP contribution is 2.23. The van der Waals surface area contributed by atoms with E-state index in [1.807, 2.05) is 26.0 Å². The molecule has 0 heterocycles. The molecule has 2 aromatic rings. The van der Waals surface area contributed by atoms with E-state index >= 15 is 0 Å². The summed E-state index contributed by atoms with van der Waals surface area (Å²) in [6.07, 6.45) is 0. The summed E-state index contributed by atoms with van der Waals surface area (Å²) in [5, 5.41) is 6.45. The zero-order valence-corrected chi connectivity index (χ0v) is 16.2. The fraction of sp³-hybridized carbons (Fsp3) is 0.263. The molecule has 0 saturated heterocycles. The van der Waals surface area contributed by atoms with E-state index in [0.717, 1.165) is 11.3 Å². The van der Waals surface area contributed by atoms with Gasteiger partial charge >= 0.3 is 0 Å². The van der Waals surface area contributed by atoms with Gasteiger partial charge in [-0.3, -0.25) is 10.1 Å². The summed E-state index contributed by atoms with van der Waals surface area (Å²) in [6.45, 7) is 5.23. The molecule has 0 aliphatic carbocycles. The van der Waals surface area contributed by atoms with Crippen LogP contribution in [-0.2, 0) is 4.74 Å². The van der Waals surface area contributed by atoms with Crippen LogP contribution in [0.25, 0.3) is 0 Å². The second-order valence-electron chi connectivity index (χ2n) is 5.36. The Morgan fingerprint density at radius 3 is 2.69 bits per heavy atom. The highest BCUT2D eigenvalue weighted by molar-refractivity contribution is 7.80. The zero-order valence-electron chi connectivity index (χ0n) is 14.7. The first-order chi connectivity index (χ1) is 12.5. The van der Waals surface area contributed by atoms with Crippen LogP contribution >= 0.6 is 23.8 Å². The highest BCUT2D eigenvalue weighted by Gasteiger charge is 2.14. The molecule has 138 valence electrons. The third-order valence-electron chi connectivity index (χ3n) is 3.56. The monoisotopic (exact) mass is 392 g/mol. The van der Waals surface area contributed by atoms with Gasteiger partial charge in [0.2, 0.25) is 0 Å². The second kappa shape index (κ2) is 10.1. The summed E-state index contributed by atoms with van der Waals surface area (Å²) in [5.41, 5.74) is 1.99. The first-order valence-electron chi connectivity index (χ1n) is 8.20. The van der Waals surface area contributed by atoms with Crippen LogP contribution in [0.4, 0.5) is 5.69 Å². The van der Waals surface area contributed by atoms with Crippen molar-refractivity contribution in [1.82, 2.24) is 5.32 Å². The molecule has 0 aliphatic heterocycles. The van der Waals surface area contributed by atoms with E-state index in [-0.39, 0.29) is 11.0 Å². The average molecular weight is 393 g/mol. The van der Waals surface area contributed by atoms with Crippen LogP contribution in [0.3, 0.4) is 0 Å². The van der Waals surface area contributed by atoms with Gasteiger partial charge < -0.3 is 14.8 Å². The maximum Gasteiger partial charge on any atom is 0.261 e. The molecule has 2 N–H and O–H groups in total. The van der Waals surface area contributed by atoms with E-state index in [1.54, 1.807) is 30.3 Å². The number of benzene rings is 2. The van der Waals surface area contributed by atoms with Gasteiger partial charge in [-0.25, -0.2) is 0 Å². The van der Waals surface area contributed by atoms with Crippen molar-refractivity contribution in [3.05, 3.63) is 58.6 Å². The van der Waals surface area contributed by atoms with Gasteiger partial charge in [-0.1, -0.05) is 29.8 Å². The lowest BCUT2D eigenvalue weighted by Gasteiger charge is -2.14.